The van der Waals surface area contributed by atoms with Crippen LogP contribution in [0.2, 0.25) is 0 Å². The van der Waals surface area contributed by atoms with Gasteiger partial charge < -0.3 is 25.4 Å². The summed E-state index contributed by atoms with van der Waals surface area (Å²) < 4.78 is 64.7. The number of fused-ring (bicyclic) bond motifs is 4. The molecule has 194 valence electrons. The number of ether oxygens (including phenoxy) is 2. The van der Waals surface area contributed by atoms with Crippen LogP contribution in [-0.4, -0.2) is 16.9 Å². The maximum atomic E-state index is 13.3. The first-order chi connectivity index (χ1) is 18.2. The number of alkyl halides is 3. The van der Waals surface area contributed by atoms with Crippen LogP contribution in [-0.2, 0) is 23.9 Å². The van der Waals surface area contributed by atoms with Gasteiger partial charge in [-0.1, -0.05) is 6.07 Å². The van der Waals surface area contributed by atoms with Crippen molar-refractivity contribution in [2.24, 2.45) is 0 Å². The number of amides is 3. The topological polar surface area (TPSA) is 102 Å². The molecule has 0 saturated carbocycles. The number of hydrogen-bond donors (Lipinski definition) is 3. The van der Waals surface area contributed by atoms with Gasteiger partial charge in [-0.3, -0.25) is 4.79 Å². The fraction of sp³-hybridized carbons (Fsp3) is 0.192. The number of hydrogen-bond acceptors (Lipinski definition) is 5. The molecule has 0 fully saturated rings. The van der Waals surface area contributed by atoms with Gasteiger partial charge in [0.15, 0.2) is 0 Å². The number of allylic oxidation sites excluding steroid dienone is 2. The Bertz CT molecular complexity index is 1540. The third kappa shape index (κ3) is 4.38. The predicted molar refractivity (Wildman–Crippen MR) is 125 cm³/mol. The molecule has 2 aromatic carbocycles. The largest absolute Gasteiger partial charge is 0.458 e. The zero-order chi connectivity index (χ0) is 26.6. The lowest BCUT2D eigenvalue weighted by molar-refractivity contribution is -0.138. The Kier molecular flexibility index (Phi) is 5.47. The molecule has 0 unspecified atom stereocenters. The van der Waals surface area contributed by atoms with E-state index >= 15 is 0 Å². The number of carbonyl (C=O) groups excluding carboxylic acids is 2. The number of urea groups is 1. The van der Waals surface area contributed by atoms with Crippen LogP contribution in [0.1, 0.15) is 34.6 Å². The van der Waals surface area contributed by atoms with Crippen molar-refractivity contribution in [3.63, 3.8) is 0 Å². The van der Waals surface area contributed by atoms with E-state index in [-0.39, 0.29) is 17.4 Å². The normalized spacial score (nSPS) is 17.1. The van der Waals surface area contributed by atoms with Crippen molar-refractivity contribution in [2.75, 3.05) is 5.32 Å². The minimum Gasteiger partial charge on any atom is -0.458 e. The van der Waals surface area contributed by atoms with Gasteiger partial charge in [-0.2, -0.15) is 13.2 Å². The van der Waals surface area contributed by atoms with Crippen LogP contribution in [0.4, 0.5) is 28.2 Å². The molecular formula is C26H18F4N4O4. The second-order valence-electron chi connectivity index (χ2n) is 8.91. The SMILES string of the molecule is O=C1CCc2c(Oc3ccc4c(c3)[C@H]3C(NC(=O)NCc5ccc(F)cc5C(F)(F)F)=C3O4)ccnc2N1. The fourth-order valence-electron chi connectivity index (χ4n) is 4.56. The average Bonchev–Trinajstić information content (AvgIpc) is 3.38. The number of benzene rings is 2. The van der Waals surface area contributed by atoms with Gasteiger partial charge in [0, 0.05) is 30.3 Å². The van der Waals surface area contributed by atoms with Crippen molar-refractivity contribution in [2.45, 2.75) is 31.5 Å². The summed E-state index contributed by atoms with van der Waals surface area (Å²) >= 11 is 0. The van der Waals surface area contributed by atoms with Crippen molar-refractivity contribution in [1.82, 2.24) is 15.6 Å². The molecule has 3 aromatic rings. The third-order valence-corrected chi connectivity index (χ3v) is 6.41. The first-order valence-corrected chi connectivity index (χ1v) is 11.6. The summed E-state index contributed by atoms with van der Waals surface area (Å²) in [6.07, 6.45) is -2.38. The van der Waals surface area contributed by atoms with Crippen LogP contribution >= 0.6 is 0 Å². The molecule has 8 nitrogen and oxygen atoms in total. The molecule has 0 bridgehead atoms. The maximum absolute atomic E-state index is 13.3. The van der Waals surface area contributed by atoms with Crippen LogP contribution in [0.25, 0.3) is 0 Å². The summed E-state index contributed by atoms with van der Waals surface area (Å²) in [6.45, 7) is -0.444. The summed E-state index contributed by atoms with van der Waals surface area (Å²) in [4.78, 5) is 28.2. The molecule has 3 heterocycles. The molecule has 12 heteroatoms. The number of aromatic nitrogens is 1. The van der Waals surface area contributed by atoms with Crippen LogP contribution in [0, 0.1) is 5.82 Å². The van der Waals surface area contributed by atoms with Crippen molar-refractivity contribution >= 4 is 17.8 Å². The fourth-order valence-corrected chi connectivity index (χ4v) is 4.56. The van der Waals surface area contributed by atoms with Crippen molar-refractivity contribution in [3.05, 3.63) is 88.2 Å². The van der Waals surface area contributed by atoms with Gasteiger partial charge >= 0.3 is 12.2 Å². The van der Waals surface area contributed by atoms with E-state index in [0.29, 0.717) is 53.4 Å². The number of anilines is 1. The van der Waals surface area contributed by atoms with Crippen LogP contribution in [0.3, 0.4) is 0 Å². The first kappa shape index (κ1) is 23.8. The third-order valence-electron chi connectivity index (χ3n) is 6.41. The zero-order valence-electron chi connectivity index (χ0n) is 19.4. The Morgan fingerprint density at radius 2 is 2.00 bits per heavy atom. The van der Waals surface area contributed by atoms with Gasteiger partial charge in [0.25, 0.3) is 0 Å². The molecule has 3 aliphatic rings. The highest BCUT2D eigenvalue weighted by atomic mass is 19.4. The van der Waals surface area contributed by atoms with Gasteiger partial charge in [0.05, 0.1) is 17.2 Å². The van der Waals surface area contributed by atoms with Crippen LogP contribution in [0.15, 0.2) is 60.1 Å². The Hall–Kier alpha value is -4.61. The summed E-state index contributed by atoms with van der Waals surface area (Å²) in [6, 6.07) is 8.53. The lowest BCUT2D eigenvalue weighted by Crippen LogP contribution is -2.33. The standard InChI is InChI=1S/C26H18F4N4O4/c27-13-2-1-12(17(9-13)26(28,29)30)11-32-25(36)34-22-21-16-10-14(3-5-18(16)38-23(21)22)37-19-7-8-31-24-15(19)4-6-20(35)33-24/h1-3,5,7-10,21H,4,6,11H2,(H,31,33,35)(H2,32,34,36)/t21-/m0/s1. The Labute approximate surface area is 212 Å². The molecule has 0 radical (unpaired) electrons. The van der Waals surface area contributed by atoms with Crippen molar-refractivity contribution < 1.29 is 36.6 Å². The molecule has 0 spiro atoms. The molecule has 1 atom stereocenters. The molecule has 38 heavy (non-hydrogen) atoms. The van der Waals surface area contributed by atoms with E-state index in [1.54, 1.807) is 30.5 Å². The smallest absolute Gasteiger partial charge is 0.416 e. The van der Waals surface area contributed by atoms with Gasteiger partial charge in [0.1, 0.15) is 34.6 Å². The summed E-state index contributed by atoms with van der Waals surface area (Å²) in [5, 5.41) is 7.70. The number of pyridine rings is 1. The van der Waals surface area contributed by atoms with Crippen molar-refractivity contribution in [3.8, 4) is 17.2 Å². The summed E-state index contributed by atoms with van der Waals surface area (Å²) in [7, 11) is 0. The number of nitrogens with one attached hydrogen (secondary N) is 3. The monoisotopic (exact) mass is 526 g/mol. The number of rotatable bonds is 5. The van der Waals surface area contributed by atoms with Crippen LogP contribution in [0.5, 0.6) is 17.2 Å². The van der Waals surface area contributed by atoms with Crippen LogP contribution < -0.4 is 25.4 Å². The second-order valence-corrected chi connectivity index (χ2v) is 8.91. The molecule has 1 aliphatic carbocycles. The highest BCUT2D eigenvalue weighted by Crippen LogP contribution is 2.56. The van der Waals surface area contributed by atoms with E-state index in [4.69, 9.17) is 9.47 Å². The summed E-state index contributed by atoms with van der Waals surface area (Å²) in [5.41, 5.74) is 0.644. The van der Waals surface area contributed by atoms with E-state index in [0.717, 1.165) is 23.3 Å². The molecular weight excluding hydrogens is 508 g/mol. The minimum absolute atomic E-state index is 0.105. The minimum atomic E-state index is -4.76. The Morgan fingerprint density at radius 3 is 2.82 bits per heavy atom. The first-order valence-electron chi connectivity index (χ1n) is 11.6. The predicted octanol–water partition coefficient (Wildman–Crippen LogP) is 5.12. The van der Waals surface area contributed by atoms with E-state index in [1.165, 1.54) is 0 Å². The average molecular weight is 526 g/mol. The quantitative estimate of drug-likeness (QED) is 0.401. The number of halogens is 4. The van der Waals surface area contributed by atoms with Gasteiger partial charge in [-0.25, -0.2) is 14.2 Å². The number of carbonyl (C=O) groups is 2. The maximum Gasteiger partial charge on any atom is 0.416 e. The molecule has 1 aromatic heterocycles. The van der Waals surface area contributed by atoms with E-state index in [1.807, 2.05) is 0 Å². The van der Waals surface area contributed by atoms with Crippen molar-refractivity contribution in [1.29, 1.82) is 0 Å². The Morgan fingerprint density at radius 1 is 1.16 bits per heavy atom. The molecule has 3 N–H and O–H groups in total. The highest BCUT2D eigenvalue weighted by Gasteiger charge is 2.49. The Balaban J connectivity index is 1.11. The van der Waals surface area contributed by atoms with E-state index in [2.05, 4.69) is 20.9 Å². The highest BCUT2D eigenvalue weighted by molar-refractivity contribution is 5.93. The van der Waals surface area contributed by atoms with E-state index < -0.39 is 30.1 Å². The molecule has 2 aliphatic heterocycles. The van der Waals surface area contributed by atoms with E-state index in [9.17, 15) is 27.2 Å². The second kappa shape index (κ2) is 8.75. The molecule has 6 rings (SSSR count). The summed E-state index contributed by atoms with van der Waals surface area (Å²) in [5.74, 6) is 1.27. The van der Waals surface area contributed by atoms with Gasteiger partial charge in [-0.05, 0) is 48.4 Å². The lowest BCUT2D eigenvalue weighted by atomic mass is 10.1. The van der Waals surface area contributed by atoms with Gasteiger partial charge in [-0.15, -0.1) is 0 Å². The van der Waals surface area contributed by atoms with Gasteiger partial charge in [0.2, 0.25) is 5.91 Å². The number of nitrogens with zero attached hydrogens (tertiary/aromatic N) is 1. The lowest BCUT2D eigenvalue weighted by Gasteiger charge is -2.19. The molecule has 3 amide bonds. The molecule has 0 saturated heterocycles. The zero-order valence-corrected chi connectivity index (χ0v) is 19.4.